The van der Waals surface area contributed by atoms with Crippen molar-refractivity contribution in [1.82, 2.24) is 5.32 Å². The lowest BCUT2D eigenvalue weighted by Gasteiger charge is -2.43. The zero-order valence-electron chi connectivity index (χ0n) is 14.8. The second-order valence-corrected chi connectivity index (χ2v) is 8.50. The highest BCUT2D eigenvalue weighted by Crippen LogP contribution is 2.42. The molecule has 0 aromatic rings. The minimum atomic E-state index is 0.244. The van der Waals surface area contributed by atoms with E-state index in [0.717, 1.165) is 36.9 Å². The van der Waals surface area contributed by atoms with Crippen molar-refractivity contribution in [3.63, 3.8) is 0 Å². The van der Waals surface area contributed by atoms with E-state index in [2.05, 4.69) is 33.0 Å². The predicted octanol–water partition coefficient (Wildman–Crippen LogP) is 4.63. The van der Waals surface area contributed by atoms with Crippen LogP contribution in [-0.4, -0.2) is 25.3 Å². The van der Waals surface area contributed by atoms with Crippen LogP contribution < -0.4 is 5.32 Å². The lowest BCUT2D eigenvalue weighted by molar-refractivity contribution is -0.00448. The first-order chi connectivity index (χ1) is 9.99. The van der Waals surface area contributed by atoms with E-state index in [1.165, 1.54) is 51.5 Å². The summed E-state index contributed by atoms with van der Waals surface area (Å²) < 4.78 is 5.80. The van der Waals surface area contributed by atoms with E-state index in [1.54, 1.807) is 0 Å². The molecule has 2 rings (SSSR count). The minimum Gasteiger partial charge on any atom is -0.381 e. The number of nitrogens with one attached hydrogen (secondary N) is 1. The van der Waals surface area contributed by atoms with Crippen LogP contribution in [0, 0.1) is 23.7 Å². The average molecular weight is 296 g/mol. The smallest absolute Gasteiger partial charge is 0.0497 e. The van der Waals surface area contributed by atoms with Gasteiger partial charge in [0.15, 0.2) is 0 Å². The molecule has 0 bridgehead atoms. The van der Waals surface area contributed by atoms with Crippen LogP contribution in [0.5, 0.6) is 0 Å². The number of rotatable bonds is 5. The quantitative estimate of drug-likeness (QED) is 0.798. The minimum absolute atomic E-state index is 0.244. The van der Waals surface area contributed by atoms with Crippen LogP contribution in [0.4, 0.5) is 0 Å². The average Bonchev–Trinajstić information content (AvgIpc) is 2.46. The zero-order chi connectivity index (χ0) is 15.3. The van der Waals surface area contributed by atoms with Crippen molar-refractivity contribution in [2.75, 3.05) is 19.8 Å². The third-order valence-corrected chi connectivity index (χ3v) is 5.55. The second-order valence-electron chi connectivity index (χ2n) is 8.50. The summed E-state index contributed by atoms with van der Waals surface area (Å²) >= 11 is 0. The lowest BCUT2D eigenvalue weighted by Crippen LogP contribution is -2.44. The molecule has 1 aliphatic carbocycles. The molecule has 1 aliphatic heterocycles. The number of ether oxygens (including phenoxy) is 1. The van der Waals surface area contributed by atoms with Gasteiger partial charge in [0.1, 0.15) is 0 Å². The fourth-order valence-electron chi connectivity index (χ4n) is 4.40. The van der Waals surface area contributed by atoms with Gasteiger partial charge in [-0.15, -0.1) is 0 Å². The lowest BCUT2D eigenvalue weighted by atomic mass is 9.66. The molecule has 1 saturated heterocycles. The zero-order valence-corrected chi connectivity index (χ0v) is 14.8. The molecule has 0 radical (unpaired) electrons. The summed E-state index contributed by atoms with van der Waals surface area (Å²) in [5, 5.41) is 3.77. The van der Waals surface area contributed by atoms with E-state index in [0.29, 0.717) is 0 Å². The summed E-state index contributed by atoms with van der Waals surface area (Å²) in [5.74, 6) is 3.56. The van der Waals surface area contributed by atoms with E-state index in [4.69, 9.17) is 4.74 Å². The Morgan fingerprint density at radius 3 is 2.57 bits per heavy atom. The van der Waals surface area contributed by atoms with E-state index in [1.807, 2.05) is 0 Å². The van der Waals surface area contributed by atoms with Crippen LogP contribution in [0.25, 0.3) is 0 Å². The molecule has 124 valence electrons. The van der Waals surface area contributed by atoms with Gasteiger partial charge in [0.05, 0.1) is 0 Å². The summed E-state index contributed by atoms with van der Waals surface area (Å²) in [5.41, 5.74) is 0.244. The Morgan fingerprint density at radius 2 is 1.95 bits per heavy atom. The maximum absolute atomic E-state index is 5.80. The van der Waals surface area contributed by atoms with Crippen LogP contribution >= 0.6 is 0 Å². The van der Waals surface area contributed by atoms with Crippen molar-refractivity contribution in [2.45, 2.75) is 78.2 Å². The van der Waals surface area contributed by atoms with Gasteiger partial charge in [-0.2, -0.15) is 0 Å². The molecule has 2 aliphatic rings. The summed E-state index contributed by atoms with van der Waals surface area (Å²) in [6.07, 6.45) is 9.79. The Hall–Kier alpha value is -0.0800. The Bertz CT molecular complexity index is 290. The first-order valence-electron chi connectivity index (χ1n) is 9.32. The molecule has 0 spiro atoms. The highest BCUT2D eigenvalue weighted by molar-refractivity contribution is 4.88. The molecule has 0 aromatic carbocycles. The van der Waals surface area contributed by atoms with E-state index < -0.39 is 0 Å². The number of hydrogen-bond donors (Lipinski definition) is 1. The molecule has 2 fully saturated rings. The van der Waals surface area contributed by atoms with Gasteiger partial charge >= 0.3 is 0 Å². The van der Waals surface area contributed by atoms with Crippen LogP contribution in [0.2, 0.25) is 0 Å². The molecular weight excluding hydrogens is 258 g/mol. The number of hydrogen-bond acceptors (Lipinski definition) is 2. The summed E-state index contributed by atoms with van der Waals surface area (Å²) in [4.78, 5) is 0. The molecule has 0 amide bonds. The normalized spacial score (nSPS) is 34.9. The molecular formula is C19H37NO. The van der Waals surface area contributed by atoms with Gasteiger partial charge in [-0.25, -0.2) is 0 Å². The Kier molecular flexibility index (Phi) is 6.55. The largest absolute Gasteiger partial charge is 0.381 e. The fraction of sp³-hybridized carbons (Fsp3) is 1.00. The van der Waals surface area contributed by atoms with Gasteiger partial charge in [-0.3, -0.25) is 0 Å². The highest BCUT2D eigenvalue weighted by atomic mass is 16.5. The molecule has 4 unspecified atom stereocenters. The summed E-state index contributed by atoms with van der Waals surface area (Å²) in [6.45, 7) is 12.4. The standard InChI is InChI=1S/C19H37NO/c1-5-7-15-9-10-16(13-20-19(2,3)4)18(12-15)17-8-6-11-21-14-17/h15-18,20H,5-14H2,1-4H3. The molecule has 21 heavy (non-hydrogen) atoms. The van der Waals surface area contributed by atoms with E-state index in [-0.39, 0.29) is 5.54 Å². The van der Waals surface area contributed by atoms with Crippen molar-refractivity contribution in [2.24, 2.45) is 23.7 Å². The van der Waals surface area contributed by atoms with Gasteiger partial charge in [0.25, 0.3) is 0 Å². The van der Waals surface area contributed by atoms with Crippen molar-refractivity contribution < 1.29 is 4.74 Å². The molecule has 1 heterocycles. The molecule has 4 atom stereocenters. The van der Waals surface area contributed by atoms with Crippen LogP contribution in [0.3, 0.4) is 0 Å². The van der Waals surface area contributed by atoms with E-state index in [9.17, 15) is 0 Å². The molecule has 0 aromatic heterocycles. The SMILES string of the molecule is CCCC1CCC(CNC(C)(C)C)C(C2CCCOC2)C1. The third kappa shape index (κ3) is 5.56. The van der Waals surface area contributed by atoms with Crippen molar-refractivity contribution in [1.29, 1.82) is 0 Å². The Balaban J connectivity index is 1.95. The topological polar surface area (TPSA) is 21.3 Å². The fourth-order valence-corrected chi connectivity index (χ4v) is 4.40. The van der Waals surface area contributed by atoms with Gasteiger partial charge in [-0.1, -0.05) is 26.2 Å². The summed E-state index contributed by atoms with van der Waals surface area (Å²) in [7, 11) is 0. The first-order valence-corrected chi connectivity index (χ1v) is 9.32. The summed E-state index contributed by atoms with van der Waals surface area (Å²) in [6, 6.07) is 0. The third-order valence-electron chi connectivity index (χ3n) is 5.55. The van der Waals surface area contributed by atoms with Crippen molar-refractivity contribution in [3.05, 3.63) is 0 Å². The monoisotopic (exact) mass is 295 g/mol. The van der Waals surface area contributed by atoms with Gasteiger partial charge in [0, 0.05) is 18.8 Å². The highest BCUT2D eigenvalue weighted by Gasteiger charge is 2.36. The Morgan fingerprint density at radius 1 is 1.14 bits per heavy atom. The van der Waals surface area contributed by atoms with Crippen molar-refractivity contribution >= 4 is 0 Å². The maximum Gasteiger partial charge on any atom is 0.0497 e. The maximum atomic E-state index is 5.80. The first kappa shape index (κ1) is 17.3. The Labute approximate surface area is 132 Å². The van der Waals surface area contributed by atoms with Crippen LogP contribution in [0.15, 0.2) is 0 Å². The van der Waals surface area contributed by atoms with Gasteiger partial charge < -0.3 is 10.1 Å². The predicted molar refractivity (Wildman–Crippen MR) is 90.5 cm³/mol. The molecule has 1 saturated carbocycles. The van der Waals surface area contributed by atoms with Gasteiger partial charge in [-0.05, 0) is 76.7 Å². The second kappa shape index (κ2) is 7.97. The van der Waals surface area contributed by atoms with E-state index >= 15 is 0 Å². The van der Waals surface area contributed by atoms with Crippen LogP contribution in [-0.2, 0) is 4.74 Å². The van der Waals surface area contributed by atoms with Crippen LogP contribution in [0.1, 0.15) is 72.6 Å². The molecule has 2 nitrogen and oxygen atoms in total. The molecule has 1 N–H and O–H groups in total. The molecule has 2 heteroatoms. The van der Waals surface area contributed by atoms with Gasteiger partial charge in [0.2, 0.25) is 0 Å². The van der Waals surface area contributed by atoms with Crippen molar-refractivity contribution in [3.8, 4) is 0 Å².